The van der Waals surface area contributed by atoms with Crippen LogP contribution in [0.3, 0.4) is 0 Å². The molecule has 0 spiro atoms. The highest BCUT2D eigenvalue weighted by Gasteiger charge is 2.53. The fourth-order valence-corrected chi connectivity index (χ4v) is 1.74. The Bertz CT molecular complexity index is 496. The highest BCUT2D eigenvalue weighted by molar-refractivity contribution is 6.36. The third-order valence-electron chi connectivity index (χ3n) is 2.52. The average Bonchev–Trinajstić information content (AvgIpc) is 2.51. The van der Waals surface area contributed by atoms with Crippen molar-refractivity contribution in [3.8, 4) is 0 Å². The third-order valence-corrected chi connectivity index (χ3v) is 2.52. The summed E-state index contributed by atoms with van der Waals surface area (Å²) < 4.78 is 36.7. The summed E-state index contributed by atoms with van der Waals surface area (Å²) in [5.41, 5.74) is -0.250. The zero-order valence-electron chi connectivity index (χ0n) is 8.25. The van der Waals surface area contributed by atoms with E-state index < -0.39 is 29.4 Å². The Morgan fingerprint density at radius 2 is 1.41 bits per heavy atom. The molecule has 0 amide bonds. The molecule has 1 aromatic carbocycles. The summed E-state index contributed by atoms with van der Waals surface area (Å²) in [5.74, 6) is -6.71. The Kier molecular flexibility index (Phi) is 2.38. The lowest BCUT2D eigenvalue weighted by Gasteiger charge is -2.08. The average molecular weight is 242 g/mol. The largest absolute Gasteiger partial charge is 0.451 e. The maximum absolute atomic E-state index is 12.2. The Balaban J connectivity index is 2.47. The number of fused-ring (bicyclic) bond motifs is 1. The number of carbonyl (C=O) groups is 3. The number of hydrogen-bond acceptors (Lipinski definition) is 3. The van der Waals surface area contributed by atoms with Crippen molar-refractivity contribution in [2.75, 3.05) is 0 Å². The van der Waals surface area contributed by atoms with Crippen molar-refractivity contribution in [3.63, 3.8) is 0 Å². The number of halogens is 3. The highest BCUT2D eigenvalue weighted by Crippen LogP contribution is 2.32. The maximum atomic E-state index is 12.2. The highest BCUT2D eigenvalue weighted by atomic mass is 19.4. The second-order valence-electron chi connectivity index (χ2n) is 3.57. The van der Waals surface area contributed by atoms with Crippen molar-refractivity contribution in [3.05, 3.63) is 35.4 Å². The zero-order valence-corrected chi connectivity index (χ0v) is 8.25. The molecule has 1 aliphatic carbocycles. The van der Waals surface area contributed by atoms with Gasteiger partial charge in [0, 0.05) is 11.1 Å². The second-order valence-corrected chi connectivity index (χ2v) is 3.57. The quantitative estimate of drug-likeness (QED) is 0.706. The van der Waals surface area contributed by atoms with Crippen LogP contribution in [-0.2, 0) is 4.79 Å². The number of alkyl halides is 3. The summed E-state index contributed by atoms with van der Waals surface area (Å²) in [5, 5.41) is 0. The molecule has 3 nitrogen and oxygen atoms in total. The molecule has 0 saturated heterocycles. The van der Waals surface area contributed by atoms with E-state index >= 15 is 0 Å². The van der Waals surface area contributed by atoms with Crippen LogP contribution in [-0.4, -0.2) is 23.5 Å². The van der Waals surface area contributed by atoms with E-state index in [1.165, 1.54) is 24.3 Å². The molecular formula is C11H5F3O3. The Morgan fingerprint density at radius 1 is 1.00 bits per heavy atom. The molecule has 2 rings (SSSR count). The summed E-state index contributed by atoms with van der Waals surface area (Å²) in [6.45, 7) is 0. The van der Waals surface area contributed by atoms with Crippen LogP contribution in [0.25, 0.3) is 0 Å². The van der Waals surface area contributed by atoms with Gasteiger partial charge >= 0.3 is 6.18 Å². The van der Waals surface area contributed by atoms with E-state index in [1.807, 2.05) is 0 Å². The van der Waals surface area contributed by atoms with E-state index in [-0.39, 0.29) is 11.1 Å². The van der Waals surface area contributed by atoms with Crippen LogP contribution in [0.5, 0.6) is 0 Å². The van der Waals surface area contributed by atoms with Gasteiger partial charge in [-0.05, 0) is 0 Å². The molecule has 0 atom stereocenters. The Labute approximate surface area is 93.2 Å². The van der Waals surface area contributed by atoms with Crippen LogP contribution in [0.4, 0.5) is 13.2 Å². The van der Waals surface area contributed by atoms with Gasteiger partial charge in [-0.15, -0.1) is 0 Å². The molecule has 0 N–H and O–H groups in total. The first-order valence-electron chi connectivity index (χ1n) is 4.62. The third kappa shape index (κ3) is 1.65. The molecule has 0 aromatic heterocycles. The molecule has 0 saturated carbocycles. The van der Waals surface area contributed by atoms with Gasteiger partial charge < -0.3 is 0 Å². The number of hydrogen-bond donors (Lipinski definition) is 0. The van der Waals surface area contributed by atoms with Crippen LogP contribution in [0.1, 0.15) is 20.7 Å². The summed E-state index contributed by atoms with van der Waals surface area (Å²) in [4.78, 5) is 34.1. The molecule has 0 unspecified atom stereocenters. The van der Waals surface area contributed by atoms with Crippen molar-refractivity contribution in [2.45, 2.75) is 6.18 Å². The van der Waals surface area contributed by atoms with E-state index in [1.54, 1.807) is 0 Å². The first-order valence-corrected chi connectivity index (χ1v) is 4.62. The first-order chi connectivity index (χ1) is 7.84. The predicted molar refractivity (Wildman–Crippen MR) is 49.7 cm³/mol. The molecule has 17 heavy (non-hydrogen) atoms. The lowest BCUT2D eigenvalue weighted by molar-refractivity contribution is -0.172. The molecule has 88 valence electrons. The Hall–Kier alpha value is -1.98. The molecular weight excluding hydrogens is 237 g/mol. The summed E-state index contributed by atoms with van der Waals surface area (Å²) in [6.07, 6.45) is -5.18. The van der Waals surface area contributed by atoms with Crippen LogP contribution >= 0.6 is 0 Å². The van der Waals surface area contributed by atoms with Crippen LogP contribution in [0.2, 0.25) is 0 Å². The predicted octanol–water partition coefficient (Wildman–Crippen LogP) is 1.81. The second kappa shape index (κ2) is 3.51. The minimum atomic E-state index is -5.18. The van der Waals surface area contributed by atoms with Crippen molar-refractivity contribution < 1.29 is 27.6 Å². The van der Waals surface area contributed by atoms with Crippen LogP contribution in [0, 0.1) is 5.92 Å². The minimum absolute atomic E-state index is 0.125. The van der Waals surface area contributed by atoms with E-state index in [2.05, 4.69) is 0 Å². The summed E-state index contributed by atoms with van der Waals surface area (Å²) in [6, 6.07) is 5.31. The van der Waals surface area contributed by atoms with Gasteiger partial charge in [0.05, 0.1) is 0 Å². The van der Waals surface area contributed by atoms with Crippen LogP contribution in [0.15, 0.2) is 24.3 Å². The molecule has 1 aliphatic rings. The van der Waals surface area contributed by atoms with Gasteiger partial charge in [0.15, 0.2) is 17.5 Å². The van der Waals surface area contributed by atoms with Gasteiger partial charge in [-0.3, -0.25) is 14.4 Å². The van der Waals surface area contributed by atoms with Crippen molar-refractivity contribution in [2.24, 2.45) is 5.92 Å². The molecule has 1 aromatic rings. The number of benzene rings is 1. The number of carbonyl (C=O) groups excluding carboxylic acids is 3. The lowest BCUT2D eigenvalue weighted by Crippen LogP contribution is -2.36. The van der Waals surface area contributed by atoms with Gasteiger partial charge in [0.1, 0.15) is 0 Å². The fourth-order valence-electron chi connectivity index (χ4n) is 1.74. The molecule has 0 heterocycles. The molecule has 0 fully saturated rings. The maximum Gasteiger partial charge on any atom is 0.451 e. The molecule has 0 bridgehead atoms. The lowest BCUT2D eigenvalue weighted by atomic mass is 9.98. The summed E-state index contributed by atoms with van der Waals surface area (Å²) in [7, 11) is 0. The fraction of sp³-hybridized carbons (Fsp3) is 0.182. The van der Waals surface area contributed by atoms with E-state index in [4.69, 9.17) is 0 Å². The molecule has 6 heteroatoms. The monoisotopic (exact) mass is 242 g/mol. The summed E-state index contributed by atoms with van der Waals surface area (Å²) >= 11 is 0. The van der Waals surface area contributed by atoms with E-state index in [9.17, 15) is 27.6 Å². The topological polar surface area (TPSA) is 51.2 Å². The smallest absolute Gasteiger partial charge is 0.293 e. The van der Waals surface area contributed by atoms with Gasteiger partial charge in [-0.1, -0.05) is 24.3 Å². The number of rotatable bonds is 1. The standard InChI is InChI=1S/C11H5F3O3/c12-11(13,14)10(17)7-8(15)5-3-1-2-4-6(5)9(7)16/h1-4,7H. The van der Waals surface area contributed by atoms with Crippen molar-refractivity contribution in [1.82, 2.24) is 0 Å². The van der Waals surface area contributed by atoms with Gasteiger partial charge in [0.25, 0.3) is 5.78 Å². The van der Waals surface area contributed by atoms with Crippen molar-refractivity contribution in [1.29, 1.82) is 0 Å². The Morgan fingerprint density at radius 3 is 1.76 bits per heavy atom. The SMILES string of the molecule is O=C1c2ccccc2C(=O)C1C(=O)C(F)(F)F. The number of Topliss-reactive ketones (excluding diaryl/α,β-unsaturated/α-hetero) is 3. The normalized spacial score (nSPS) is 16.2. The number of ketones is 3. The molecule has 0 radical (unpaired) electrons. The zero-order chi connectivity index (χ0) is 12.8. The van der Waals surface area contributed by atoms with E-state index in [0.29, 0.717) is 0 Å². The first kappa shape index (κ1) is 11.5. The van der Waals surface area contributed by atoms with Gasteiger partial charge in [-0.2, -0.15) is 13.2 Å². The van der Waals surface area contributed by atoms with Crippen LogP contribution < -0.4 is 0 Å². The van der Waals surface area contributed by atoms with Gasteiger partial charge in [-0.25, -0.2) is 0 Å². The molecule has 0 aliphatic heterocycles. The van der Waals surface area contributed by atoms with E-state index in [0.717, 1.165) is 0 Å². The van der Waals surface area contributed by atoms with Crippen molar-refractivity contribution >= 4 is 17.3 Å². The minimum Gasteiger partial charge on any atom is -0.293 e. The van der Waals surface area contributed by atoms with Gasteiger partial charge in [0.2, 0.25) is 0 Å².